The summed E-state index contributed by atoms with van der Waals surface area (Å²) < 4.78 is 10.9. The van der Waals surface area contributed by atoms with E-state index in [0.717, 1.165) is 0 Å². The molecule has 2 amide bonds. The van der Waals surface area contributed by atoms with Crippen LogP contribution in [-0.4, -0.2) is 78.6 Å². The number of carbonyl (C=O) groups excluding carboxylic acids is 1. The Morgan fingerprint density at radius 2 is 2.00 bits per heavy atom. The van der Waals surface area contributed by atoms with Crippen LogP contribution in [0.5, 0.6) is 0 Å². The molecule has 2 saturated heterocycles. The monoisotopic (exact) mass is 258 g/mol. The summed E-state index contributed by atoms with van der Waals surface area (Å²) in [6.45, 7) is 7.31. The highest BCUT2D eigenvalue weighted by molar-refractivity contribution is 5.74. The number of rotatable bonds is 1. The van der Waals surface area contributed by atoms with Crippen LogP contribution in [0.3, 0.4) is 0 Å². The maximum absolute atomic E-state index is 12.4. The van der Waals surface area contributed by atoms with Crippen LogP contribution >= 0.6 is 0 Å². The molecule has 0 aromatic carbocycles. The zero-order valence-corrected chi connectivity index (χ0v) is 11.1. The van der Waals surface area contributed by atoms with Crippen molar-refractivity contribution in [2.45, 2.75) is 25.6 Å². The first-order valence-electron chi connectivity index (χ1n) is 6.42. The van der Waals surface area contributed by atoms with Crippen molar-refractivity contribution in [1.29, 1.82) is 0 Å². The fourth-order valence-electron chi connectivity index (χ4n) is 2.49. The maximum Gasteiger partial charge on any atom is 0.320 e. The van der Waals surface area contributed by atoms with Gasteiger partial charge in [0.15, 0.2) is 0 Å². The number of morpholine rings is 2. The predicted molar refractivity (Wildman–Crippen MR) is 65.4 cm³/mol. The summed E-state index contributed by atoms with van der Waals surface area (Å²) in [5.41, 5.74) is -0.409. The number of aliphatic hydroxyl groups is 1. The zero-order chi connectivity index (χ0) is 13.2. The van der Waals surface area contributed by atoms with Crippen molar-refractivity contribution in [3.05, 3.63) is 0 Å². The van der Waals surface area contributed by atoms with Crippen LogP contribution in [-0.2, 0) is 9.47 Å². The third-order valence-electron chi connectivity index (χ3n) is 3.24. The molecule has 1 N–H and O–H groups in total. The van der Waals surface area contributed by atoms with Gasteiger partial charge in [0.1, 0.15) is 0 Å². The molecule has 0 aliphatic carbocycles. The van der Waals surface area contributed by atoms with Crippen molar-refractivity contribution in [2.24, 2.45) is 0 Å². The molecule has 0 spiro atoms. The fraction of sp³-hybridized carbons (Fsp3) is 0.917. The van der Waals surface area contributed by atoms with E-state index in [1.807, 2.05) is 13.8 Å². The topological polar surface area (TPSA) is 62.2 Å². The van der Waals surface area contributed by atoms with E-state index in [1.165, 1.54) is 0 Å². The molecule has 0 bridgehead atoms. The minimum atomic E-state index is -0.409. The van der Waals surface area contributed by atoms with Crippen LogP contribution in [0.1, 0.15) is 13.8 Å². The Labute approximate surface area is 107 Å². The first-order valence-corrected chi connectivity index (χ1v) is 6.42. The largest absolute Gasteiger partial charge is 0.394 e. The van der Waals surface area contributed by atoms with Gasteiger partial charge in [-0.3, -0.25) is 0 Å². The molecule has 2 rings (SSSR count). The second-order valence-corrected chi connectivity index (χ2v) is 5.44. The van der Waals surface area contributed by atoms with Gasteiger partial charge < -0.3 is 24.4 Å². The third-order valence-corrected chi connectivity index (χ3v) is 3.24. The van der Waals surface area contributed by atoms with Crippen molar-refractivity contribution < 1.29 is 19.4 Å². The molecule has 104 valence electrons. The zero-order valence-electron chi connectivity index (χ0n) is 11.1. The van der Waals surface area contributed by atoms with Gasteiger partial charge in [-0.15, -0.1) is 0 Å². The molecule has 2 fully saturated rings. The van der Waals surface area contributed by atoms with Gasteiger partial charge in [0.05, 0.1) is 44.6 Å². The van der Waals surface area contributed by atoms with Gasteiger partial charge in [0, 0.05) is 13.1 Å². The lowest BCUT2D eigenvalue weighted by molar-refractivity contribution is -0.141. The molecule has 0 radical (unpaired) electrons. The normalized spacial score (nSPS) is 28.3. The Hall–Kier alpha value is -0.850. The maximum atomic E-state index is 12.4. The predicted octanol–water partition coefficient (Wildman–Crippen LogP) is -0.0897. The fourth-order valence-corrected chi connectivity index (χ4v) is 2.49. The van der Waals surface area contributed by atoms with Crippen LogP contribution < -0.4 is 0 Å². The molecule has 6 nitrogen and oxygen atoms in total. The number of hydrogen-bond donors (Lipinski definition) is 1. The summed E-state index contributed by atoms with van der Waals surface area (Å²) in [5.74, 6) is 0. The minimum absolute atomic E-state index is 0.0214. The molecule has 2 aliphatic heterocycles. The first kappa shape index (κ1) is 13.6. The van der Waals surface area contributed by atoms with E-state index in [1.54, 1.807) is 9.80 Å². The molecule has 18 heavy (non-hydrogen) atoms. The van der Waals surface area contributed by atoms with Crippen LogP contribution in [0, 0.1) is 0 Å². The molecule has 1 atom stereocenters. The molecule has 1 unspecified atom stereocenters. The van der Waals surface area contributed by atoms with E-state index in [9.17, 15) is 9.90 Å². The molecule has 0 saturated carbocycles. The Bertz CT molecular complexity index is 302. The summed E-state index contributed by atoms with van der Waals surface area (Å²) in [6, 6.07) is 0.0214. The number of ether oxygens (including phenoxy) is 2. The van der Waals surface area contributed by atoms with Gasteiger partial charge in [-0.25, -0.2) is 4.79 Å². The number of urea groups is 1. The Morgan fingerprint density at radius 3 is 2.61 bits per heavy atom. The van der Waals surface area contributed by atoms with Gasteiger partial charge in [0.25, 0.3) is 0 Å². The van der Waals surface area contributed by atoms with Crippen LogP contribution in [0.4, 0.5) is 4.79 Å². The van der Waals surface area contributed by atoms with Gasteiger partial charge in [-0.2, -0.15) is 0 Å². The van der Waals surface area contributed by atoms with Gasteiger partial charge in [-0.05, 0) is 13.8 Å². The lowest BCUT2D eigenvalue weighted by Crippen LogP contribution is -2.59. The molecule has 2 heterocycles. The highest BCUT2D eigenvalue weighted by atomic mass is 16.5. The molecule has 2 aliphatic rings. The first-order chi connectivity index (χ1) is 8.52. The number of aliphatic hydroxyl groups excluding tert-OH is 1. The molecule has 6 heteroatoms. The van der Waals surface area contributed by atoms with E-state index in [2.05, 4.69) is 0 Å². The number of amides is 2. The van der Waals surface area contributed by atoms with E-state index in [0.29, 0.717) is 39.4 Å². The average molecular weight is 258 g/mol. The lowest BCUT2D eigenvalue weighted by atomic mass is 10.1. The SMILES string of the molecule is CC1(C)CN(C(=O)N2CCOCC2)CC(CO)O1. The van der Waals surface area contributed by atoms with Crippen LogP contribution in [0.15, 0.2) is 0 Å². The highest BCUT2D eigenvalue weighted by Gasteiger charge is 2.37. The number of nitrogens with zero attached hydrogens (tertiary/aromatic N) is 2. The van der Waals surface area contributed by atoms with Crippen molar-refractivity contribution in [2.75, 3.05) is 46.0 Å². The quantitative estimate of drug-likeness (QED) is 0.714. The smallest absolute Gasteiger partial charge is 0.320 e. The van der Waals surface area contributed by atoms with Crippen molar-refractivity contribution in [1.82, 2.24) is 9.80 Å². The van der Waals surface area contributed by atoms with Gasteiger partial charge >= 0.3 is 6.03 Å². The molecular formula is C12H22N2O4. The van der Waals surface area contributed by atoms with Crippen LogP contribution in [0.25, 0.3) is 0 Å². The summed E-state index contributed by atoms with van der Waals surface area (Å²) in [7, 11) is 0. The van der Waals surface area contributed by atoms with Crippen LogP contribution in [0.2, 0.25) is 0 Å². The third kappa shape index (κ3) is 3.13. The molecule has 0 aromatic rings. The van der Waals surface area contributed by atoms with E-state index < -0.39 is 5.60 Å². The Balaban J connectivity index is 1.99. The molecular weight excluding hydrogens is 236 g/mol. The average Bonchev–Trinajstić information content (AvgIpc) is 2.37. The van der Waals surface area contributed by atoms with Crippen molar-refractivity contribution >= 4 is 6.03 Å². The van der Waals surface area contributed by atoms with Gasteiger partial charge in [-0.1, -0.05) is 0 Å². The Kier molecular flexibility index (Phi) is 4.09. The molecule has 0 aromatic heterocycles. The number of hydrogen-bond acceptors (Lipinski definition) is 4. The second-order valence-electron chi connectivity index (χ2n) is 5.44. The summed E-state index contributed by atoms with van der Waals surface area (Å²) >= 11 is 0. The van der Waals surface area contributed by atoms with E-state index >= 15 is 0 Å². The lowest BCUT2D eigenvalue weighted by Gasteiger charge is -2.44. The second kappa shape index (κ2) is 5.42. The minimum Gasteiger partial charge on any atom is -0.394 e. The summed E-state index contributed by atoms with van der Waals surface area (Å²) in [5, 5.41) is 9.24. The standard InChI is InChI=1S/C12H22N2O4/c1-12(2)9-14(7-10(8-15)18-12)11(16)13-3-5-17-6-4-13/h10,15H,3-9H2,1-2H3. The summed E-state index contributed by atoms with van der Waals surface area (Å²) in [4.78, 5) is 15.9. The summed E-state index contributed by atoms with van der Waals surface area (Å²) in [6.07, 6.45) is -0.293. The highest BCUT2D eigenvalue weighted by Crippen LogP contribution is 2.22. The van der Waals surface area contributed by atoms with Crippen molar-refractivity contribution in [3.8, 4) is 0 Å². The van der Waals surface area contributed by atoms with Crippen molar-refractivity contribution in [3.63, 3.8) is 0 Å². The Morgan fingerprint density at radius 1 is 1.33 bits per heavy atom. The van der Waals surface area contributed by atoms with Gasteiger partial charge in [0.2, 0.25) is 0 Å². The van der Waals surface area contributed by atoms with E-state index in [4.69, 9.17) is 9.47 Å². The number of carbonyl (C=O) groups is 1. The van der Waals surface area contributed by atoms with E-state index in [-0.39, 0.29) is 18.7 Å².